The second-order valence-corrected chi connectivity index (χ2v) is 8.65. The molecule has 7 nitrogen and oxygen atoms in total. The minimum atomic E-state index is -0.809. The summed E-state index contributed by atoms with van der Waals surface area (Å²) in [5.41, 5.74) is 7.14. The van der Waals surface area contributed by atoms with E-state index in [0.717, 1.165) is 11.1 Å². The highest BCUT2D eigenvalue weighted by molar-refractivity contribution is 5.90. The highest BCUT2D eigenvalue weighted by atomic mass is 19.1. The molecule has 0 aliphatic carbocycles. The van der Waals surface area contributed by atoms with Gasteiger partial charge < -0.3 is 16.4 Å². The largest absolute Gasteiger partial charge is 0.384 e. The van der Waals surface area contributed by atoms with Crippen LogP contribution in [0.4, 0.5) is 10.2 Å². The van der Waals surface area contributed by atoms with Crippen molar-refractivity contribution in [2.24, 2.45) is 5.92 Å². The van der Waals surface area contributed by atoms with Crippen molar-refractivity contribution in [3.8, 4) is 0 Å². The molecule has 0 fully saturated rings. The third kappa shape index (κ3) is 7.30. The van der Waals surface area contributed by atoms with Crippen LogP contribution in [-0.4, -0.2) is 46.9 Å². The van der Waals surface area contributed by atoms with E-state index in [4.69, 9.17) is 5.73 Å². The summed E-state index contributed by atoms with van der Waals surface area (Å²) in [6.45, 7) is 8.25. The number of benzene rings is 1. The van der Waals surface area contributed by atoms with Crippen LogP contribution in [0.3, 0.4) is 0 Å². The lowest BCUT2D eigenvalue weighted by Crippen LogP contribution is -2.56. The van der Waals surface area contributed by atoms with E-state index in [1.54, 1.807) is 30.5 Å². The molecule has 1 heterocycles. The number of carbonyl (C=O) groups excluding carboxylic acids is 2. The number of nitrogens with zero attached hydrogens (tertiary/aromatic N) is 2. The Morgan fingerprint density at radius 3 is 2.19 bits per heavy atom. The molecule has 0 saturated carbocycles. The van der Waals surface area contributed by atoms with E-state index in [-0.39, 0.29) is 48.6 Å². The Hall–Kier alpha value is -3.00. The average Bonchev–Trinajstić information content (AvgIpc) is 2.73. The van der Waals surface area contributed by atoms with Crippen LogP contribution >= 0.6 is 0 Å². The number of anilines is 1. The summed E-state index contributed by atoms with van der Waals surface area (Å²) < 4.78 is 13.3. The van der Waals surface area contributed by atoms with Gasteiger partial charge in [0.05, 0.1) is 6.04 Å². The number of carbonyl (C=O) groups is 2. The number of pyridine rings is 1. The Bertz CT molecular complexity index is 884. The van der Waals surface area contributed by atoms with E-state index in [0.29, 0.717) is 5.82 Å². The fraction of sp³-hybridized carbons (Fsp3) is 0.458. The molecule has 2 amide bonds. The standard InChI is InChI=1S/C24H34FN5O2/c1-15(2)22(30(5)16(3)4)24(32)29-20(12-17-6-9-19(25)10-7-17)23(31)28-14-18-8-11-21(26)27-13-18/h6-11,13,15-16,20,22H,12,14H2,1-5H3,(H2,26,27)(H,28,31)(H,29,32)/t20-,22?/m0/s1. The van der Waals surface area contributed by atoms with Gasteiger partial charge in [-0.25, -0.2) is 9.37 Å². The maximum absolute atomic E-state index is 13.3. The minimum absolute atomic E-state index is 0.0535. The van der Waals surface area contributed by atoms with Crippen molar-refractivity contribution in [1.82, 2.24) is 20.5 Å². The highest BCUT2D eigenvalue weighted by Crippen LogP contribution is 2.14. The number of rotatable bonds is 10. The summed E-state index contributed by atoms with van der Waals surface area (Å²) >= 11 is 0. The molecule has 0 saturated heterocycles. The van der Waals surface area contributed by atoms with Gasteiger partial charge in [-0.1, -0.05) is 32.0 Å². The number of halogens is 1. The summed E-state index contributed by atoms with van der Waals surface area (Å²) in [6, 6.07) is 8.33. The summed E-state index contributed by atoms with van der Waals surface area (Å²) in [7, 11) is 1.90. The van der Waals surface area contributed by atoms with Gasteiger partial charge in [-0.3, -0.25) is 14.5 Å². The molecule has 1 aromatic carbocycles. The molecular formula is C24H34FN5O2. The summed E-state index contributed by atoms with van der Waals surface area (Å²) in [5, 5.41) is 5.77. The molecule has 174 valence electrons. The molecule has 4 N–H and O–H groups in total. The number of amides is 2. The van der Waals surface area contributed by atoms with Gasteiger partial charge in [-0.2, -0.15) is 0 Å². The maximum Gasteiger partial charge on any atom is 0.243 e. The number of likely N-dealkylation sites (N-methyl/N-ethyl adjacent to an activating group) is 1. The Labute approximate surface area is 189 Å². The van der Waals surface area contributed by atoms with Crippen molar-refractivity contribution in [1.29, 1.82) is 0 Å². The molecule has 2 rings (SSSR count). The van der Waals surface area contributed by atoms with Crippen LogP contribution in [0.15, 0.2) is 42.6 Å². The van der Waals surface area contributed by atoms with Crippen LogP contribution in [0.5, 0.6) is 0 Å². The topological polar surface area (TPSA) is 100 Å². The quantitative estimate of drug-likeness (QED) is 0.524. The van der Waals surface area contributed by atoms with Crippen molar-refractivity contribution < 1.29 is 14.0 Å². The lowest BCUT2D eigenvalue weighted by molar-refractivity contribution is -0.133. The Morgan fingerprint density at radius 1 is 1.03 bits per heavy atom. The smallest absolute Gasteiger partial charge is 0.243 e. The molecule has 0 aliphatic heterocycles. The molecule has 32 heavy (non-hydrogen) atoms. The molecule has 0 radical (unpaired) electrons. The first kappa shape index (κ1) is 25.3. The van der Waals surface area contributed by atoms with E-state index in [9.17, 15) is 14.0 Å². The van der Waals surface area contributed by atoms with Crippen molar-refractivity contribution in [2.45, 2.75) is 58.8 Å². The molecule has 0 bridgehead atoms. The van der Waals surface area contributed by atoms with Crippen molar-refractivity contribution >= 4 is 17.6 Å². The zero-order valence-corrected chi connectivity index (χ0v) is 19.4. The van der Waals surface area contributed by atoms with Gasteiger partial charge >= 0.3 is 0 Å². The van der Waals surface area contributed by atoms with Crippen LogP contribution in [0.25, 0.3) is 0 Å². The zero-order chi connectivity index (χ0) is 23.8. The molecule has 0 aliphatic rings. The van der Waals surface area contributed by atoms with Gasteiger partial charge in [-0.15, -0.1) is 0 Å². The third-order valence-corrected chi connectivity index (χ3v) is 5.45. The summed E-state index contributed by atoms with van der Waals surface area (Å²) in [5.74, 6) is -0.441. The van der Waals surface area contributed by atoms with Gasteiger partial charge in [0, 0.05) is 25.2 Å². The molecule has 8 heteroatoms. The Morgan fingerprint density at radius 2 is 1.66 bits per heavy atom. The normalized spacial score (nSPS) is 13.3. The van der Waals surface area contributed by atoms with E-state index in [1.807, 2.05) is 39.6 Å². The number of nitrogens with two attached hydrogens (primary N) is 1. The summed E-state index contributed by atoms with van der Waals surface area (Å²) in [6.07, 6.45) is 1.84. The van der Waals surface area contributed by atoms with Crippen molar-refractivity contribution in [3.63, 3.8) is 0 Å². The van der Waals surface area contributed by atoms with Gasteiger partial charge in [0.25, 0.3) is 0 Å². The van der Waals surface area contributed by atoms with Crippen molar-refractivity contribution in [2.75, 3.05) is 12.8 Å². The SMILES string of the molecule is CC(C)C(C(=O)N[C@@H](Cc1ccc(F)cc1)C(=O)NCc1ccc(N)nc1)N(C)C(C)C. The second kappa shape index (κ2) is 11.6. The first-order chi connectivity index (χ1) is 15.1. The zero-order valence-electron chi connectivity index (χ0n) is 19.4. The molecule has 0 spiro atoms. The number of hydrogen-bond donors (Lipinski definition) is 3. The van der Waals surface area contributed by atoms with E-state index < -0.39 is 6.04 Å². The fourth-order valence-electron chi connectivity index (χ4n) is 3.45. The van der Waals surface area contributed by atoms with Gasteiger partial charge in [0.2, 0.25) is 11.8 Å². The first-order valence-electron chi connectivity index (χ1n) is 10.8. The van der Waals surface area contributed by atoms with E-state index >= 15 is 0 Å². The van der Waals surface area contributed by atoms with Crippen LogP contribution in [-0.2, 0) is 22.6 Å². The van der Waals surface area contributed by atoms with Crippen LogP contribution < -0.4 is 16.4 Å². The highest BCUT2D eigenvalue weighted by Gasteiger charge is 2.31. The Kier molecular flexibility index (Phi) is 9.13. The molecule has 1 aromatic heterocycles. The number of aromatic nitrogens is 1. The molecule has 2 atom stereocenters. The lowest BCUT2D eigenvalue weighted by atomic mass is 9.99. The Balaban J connectivity index is 2.18. The molecule has 2 aromatic rings. The molecular weight excluding hydrogens is 409 g/mol. The van der Waals surface area contributed by atoms with Crippen LogP contribution in [0, 0.1) is 11.7 Å². The first-order valence-corrected chi connectivity index (χ1v) is 10.8. The predicted octanol–water partition coefficient (Wildman–Crippen LogP) is 2.51. The number of nitrogens with one attached hydrogen (secondary N) is 2. The van der Waals surface area contributed by atoms with Gasteiger partial charge in [0.1, 0.15) is 17.7 Å². The van der Waals surface area contributed by atoms with Gasteiger partial charge in [0.15, 0.2) is 0 Å². The fourth-order valence-corrected chi connectivity index (χ4v) is 3.45. The van der Waals surface area contributed by atoms with E-state index in [1.165, 1.54) is 12.1 Å². The van der Waals surface area contributed by atoms with Gasteiger partial charge in [-0.05, 0) is 56.1 Å². The van der Waals surface area contributed by atoms with Crippen LogP contribution in [0.2, 0.25) is 0 Å². The number of hydrogen-bond acceptors (Lipinski definition) is 5. The summed E-state index contributed by atoms with van der Waals surface area (Å²) in [4.78, 5) is 32.2. The third-order valence-electron chi connectivity index (χ3n) is 5.45. The average molecular weight is 444 g/mol. The van der Waals surface area contributed by atoms with Crippen molar-refractivity contribution in [3.05, 3.63) is 59.5 Å². The number of nitrogen functional groups attached to an aromatic ring is 1. The second-order valence-electron chi connectivity index (χ2n) is 8.65. The van der Waals surface area contributed by atoms with E-state index in [2.05, 4.69) is 15.6 Å². The lowest BCUT2D eigenvalue weighted by Gasteiger charge is -2.34. The monoisotopic (exact) mass is 443 g/mol. The predicted molar refractivity (Wildman–Crippen MR) is 124 cm³/mol. The van der Waals surface area contributed by atoms with Crippen LogP contribution in [0.1, 0.15) is 38.8 Å². The maximum atomic E-state index is 13.3. The molecule has 1 unspecified atom stereocenters. The minimum Gasteiger partial charge on any atom is -0.384 e.